The molecule has 0 aliphatic heterocycles. The number of unbranched alkanes of at least 4 members (excludes halogenated alkanes) is 1. The number of pyridine rings is 1. The van der Waals surface area contributed by atoms with Crippen LogP contribution in [0, 0.1) is 18.3 Å². The molecule has 2 aromatic rings. The van der Waals surface area contributed by atoms with Gasteiger partial charge in [-0.05, 0) is 43.2 Å². The maximum Gasteiger partial charge on any atom is 0.271 e. The molecule has 0 aliphatic carbocycles. The number of hydrogen-bond acceptors (Lipinski definition) is 5. The van der Waals surface area contributed by atoms with Gasteiger partial charge in [0.1, 0.15) is 17.4 Å². The lowest BCUT2D eigenvalue weighted by molar-refractivity contribution is 0.0916. The highest BCUT2D eigenvalue weighted by Crippen LogP contribution is 2.23. The number of aromatic nitrogens is 1. The van der Waals surface area contributed by atoms with Gasteiger partial charge in [-0.25, -0.2) is 0 Å². The molecular formula is C19H19BrN2O4. The highest BCUT2D eigenvalue weighted by molar-refractivity contribution is 9.10. The fourth-order valence-corrected chi connectivity index (χ4v) is 2.82. The molecule has 0 spiro atoms. The van der Waals surface area contributed by atoms with Crippen LogP contribution in [0.4, 0.5) is 0 Å². The third-order valence-electron chi connectivity index (χ3n) is 4.00. The number of aromatic hydroxyl groups is 1. The molecule has 26 heavy (non-hydrogen) atoms. The van der Waals surface area contributed by atoms with Crippen molar-refractivity contribution >= 4 is 21.7 Å². The quantitative estimate of drug-likeness (QED) is 0.693. The number of halogens is 1. The Hall–Kier alpha value is -2.59. The van der Waals surface area contributed by atoms with Crippen molar-refractivity contribution in [2.75, 3.05) is 6.61 Å². The maximum absolute atomic E-state index is 12.6. The van der Waals surface area contributed by atoms with Crippen LogP contribution in [-0.2, 0) is 6.54 Å². The zero-order valence-electron chi connectivity index (χ0n) is 14.6. The predicted molar refractivity (Wildman–Crippen MR) is 101 cm³/mol. The van der Waals surface area contributed by atoms with Crippen molar-refractivity contribution in [2.45, 2.75) is 33.2 Å². The van der Waals surface area contributed by atoms with Crippen molar-refractivity contribution in [3.05, 3.63) is 55.8 Å². The van der Waals surface area contributed by atoms with Gasteiger partial charge in [-0.15, -0.1) is 0 Å². The van der Waals surface area contributed by atoms with Crippen LogP contribution in [0.2, 0.25) is 0 Å². The standard InChI is InChI=1S/C19H19BrN2O4/c1-3-4-9-22-18(24)15(10-21)12(2)17(19(22)25)16(23)11-26-14-7-5-13(20)6-8-14/h5-8,25H,3-4,9,11H2,1-2H3. The molecular weight excluding hydrogens is 400 g/mol. The lowest BCUT2D eigenvalue weighted by Gasteiger charge is -2.15. The van der Waals surface area contributed by atoms with Gasteiger partial charge < -0.3 is 9.84 Å². The molecule has 0 aliphatic rings. The van der Waals surface area contributed by atoms with Gasteiger partial charge in [0.2, 0.25) is 11.7 Å². The minimum atomic E-state index is -0.582. The van der Waals surface area contributed by atoms with E-state index in [0.717, 1.165) is 15.5 Å². The second-order valence-electron chi connectivity index (χ2n) is 5.79. The van der Waals surface area contributed by atoms with Gasteiger partial charge in [0.05, 0.1) is 5.56 Å². The largest absolute Gasteiger partial charge is 0.494 e. The Morgan fingerprint density at radius 3 is 2.58 bits per heavy atom. The van der Waals surface area contributed by atoms with E-state index >= 15 is 0 Å². The summed E-state index contributed by atoms with van der Waals surface area (Å²) in [6.07, 6.45) is 1.45. The van der Waals surface area contributed by atoms with Crippen LogP contribution in [0.25, 0.3) is 0 Å². The first-order valence-electron chi connectivity index (χ1n) is 8.18. The van der Waals surface area contributed by atoms with E-state index in [4.69, 9.17) is 4.74 Å². The summed E-state index contributed by atoms with van der Waals surface area (Å²) in [4.78, 5) is 25.0. The smallest absolute Gasteiger partial charge is 0.271 e. The first kappa shape index (κ1) is 19.7. The second-order valence-corrected chi connectivity index (χ2v) is 6.70. The number of Topliss-reactive ketones (excluding diaryl/α,β-unsaturated/α-hetero) is 1. The number of rotatable bonds is 7. The molecule has 1 aromatic carbocycles. The van der Waals surface area contributed by atoms with Gasteiger partial charge in [0, 0.05) is 11.0 Å². The molecule has 1 heterocycles. The topological polar surface area (TPSA) is 92.3 Å². The van der Waals surface area contributed by atoms with Crippen LogP contribution in [0.3, 0.4) is 0 Å². The number of carbonyl (C=O) groups excluding carboxylic acids is 1. The minimum absolute atomic E-state index is 0.0469. The van der Waals surface area contributed by atoms with Crippen molar-refractivity contribution < 1.29 is 14.6 Å². The molecule has 1 aromatic heterocycles. The molecule has 6 nitrogen and oxygen atoms in total. The monoisotopic (exact) mass is 418 g/mol. The number of hydrogen-bond donors (Lipinski definition) is 1. The number of benzene rings is 1. The van der Waals surface area contributed by atoms with Crippen molar-refractivity contribution in [1.82, 2.24) is 4.57 Å². The molecule has 0 fully saturated rings. The lowest BCUT2D eigenvalue weighted by atomic mass is 10.0. The van der Waals surface area contributed by atoms with Crippen molar-refractivity contribution in [1.29, 1.82) is 5.26 Å². The number of nitriles is 1. The van der Waals surface area contributed by atoms with E-state index in [1.54, 1.807) is 24.3 Å². The third kappa shape index (κ3) is 4.14. The summed E-state index contributed by atoms with van der Waals surface area (Å²) in [6, 6.07) is 8.80. The number of ether oxygens (including phenoxy) is 1. The highest BCUT2D eigenvalue weighted by Gasteiger charge is 2.24. The van der Waals surface area contributed by atoms with Gasteiger partial charge >= 0.3 is 0 Å². The average molecular weight is 419 g/mol. The van der Waals surface area contributed by atoms with E-state index < -0.39 is 17.2 Å². The van der Waals surface area contributed by atoms with E-state index in [1.807, 2.05) is 13.0 Å². The zero-order chi connectivity index (χ0) is 19.3. The fourth-order valence-electron chi connectivity index (χ4n) is 2.56. The van der Waals surface area contributed by atoms with Crippen LogP contribution in [0.5, 0.6) is 11.6 Å². The van der Waals surface area contributed by atoms with Crippen LogP contribution < -0.4 is 10.3 Å². The van der Waals surface area contributed by atoms with Crippen LogP contribution in [0.1, 0.15) is 41.3 Å². The average Bonchev–Trinajstić information content (AvgIpc) is 2.61. The van der Waals surface area contributed by atoms with Crippen molar-refractivity contribution in [3.8, 4) is 17.7 Å². The Kier molecular flexibility index (Phi) is 6.58. The molecule has 0 radical (unpaired) electrons. The third-order valence-corrected chi connectivity index (χ3v) is 4.53. The molecule has 0 amide bonds. The molecule has 0 bridgehead atoms. The highest BCUT2D eigenvalue weighted by atomic mass is 79.9. The summed E-state index contributed by atoms with van der Waals surface area (Å²) in [5.74, 6) is -0.410. The summed E-state index contributed by atoms with van der Waals surface area (Å²) in [6.45, 7) is 3.35. The molecule has 2 rings (SSSR count). The Balaban J connectivity index is 2.37. The Morgan fingerprint density at radius 1 is 1.35 bits per heavy atom. The molecule has 0 atom stereocenters. The summed E-state index contributed by atoms with van der Waals surface area (Å²) >= 11 is 3.31. The summed E-state index contributed by atoms with van der Waals surface area (Å²) < 4.78 is 7.43. The molecule has 1 N–H and O–H groups in total. The Labute approximate surface area is 159 Å². The Morgan fingerprint density at radius 2 is 2.00 bits per heavy atom. The lowest BCUT2D eigenvalue weighted by Crippen LogP contribution is -2.27. The second kappa shape index (κ2) is 8.68. The number of carbonyl (C=O) groups is 1. The number of ketones is 1. The summed E-state index contributed by atoms with van der Waals surface area (Å²) in [7, 11) is 0. The van der Waals surface area contributed by atoms with Gasteiger partial charge in [0.15, 0.2) is 6.61 Å². The van der Waals surface area contributed by atoms with E-state index in [9.17, 15) is 20.0 Å². The molecule has 0 saturated heterocycles. The maximum atomic E-state index is 12.6. The van der Waals surface area contributed by atoms with Crippen LogP contribution in [-0.4, -0.2) is 22.1 Å². The van der Waals surface area contributed by atoms with Crippen LogP contribution in [0.15, 0.2) is 33.5 Å². The summed E-state index contributed by atoms with van der Waals surface area (Å²) in [5, 5.41) is 19.8. The van der Waals surface area contributed by atoms with E-state index in [2.05, 4.69) is 15.9 Å². The van der Waals surface area contributed by atoms with Gasteiger partial charge in [-0.2, -0.15) is 5.26 Å². The van der Waals surface area contributed by atoms with E-state index in [1.165, 1.54) is 6.92 Å². The van der Waals surface area contributed by atoms with E-state index in [-0.39, 0.29) is 29.8 Å². The SMILES string of the molecule is CCCCn1c(O)c(C(=O)COc2ccc(Br)cc2)c(C)c(C#N)c1=O. The van der Waals surface area contributed by atoms with Gasteiger partial charge in [0.25, 0.3) is 5.56 Å². The zero-order valence-corrected chi connectivity index (χ0v) is 16.2. The molecule has 0 saturated carbocycles. The molecule has 0 unspecified atom stereocenters. The molecule has 7 heteroatoms. The van der Waals surface area contributed by atoms with Crippen LogP contribution >= 0.6 is 15.9 Å². The van der Waals surface area contributed by atoms with Crippen molar-refractivity contribution in [3.63, 3.8) is 0 Å². The molecule has 136 valence electrons. The summed E-state index contributed by atoms with van der Waals surface area (Å²) in [5.41, 5.74) is -0.589. The Bertz CT molecular complexity index is 911. The first-order valence-corrected chi connectivity index (χ1v) is 8.98. The van der Waals surface area contributed by atoms with E-state index in [0.29, 0.717) is 12.2 Å². The first-order chi connectivity index (χ1) is 12.4. The fraction of sp³-hybridized carbons (Fsp3) is 0.316. The van der Waals surface area contributed by atoms with Gasteiger partial charge in [-0.3, -0.25) is 14.2 Å². The minimum Gasteiger partial charge on any atom is -0.494 e. The van der Waals surface area contributed by atoms with Gasteiger partial charge in [-0.1, -0.05) is 29.3 Å². The predicted octanol–water partition coefficient (Wildman–Crippen LogP) is 3.56. The number of nitrogens with zero attached hydrogens (tertiary/aromatic N) is 2. The normalized spacial score (nSPS) is 10.4. The van der Waals surface area contributed by atoms with Crippen molar-refractivity contribution in [2.24, 2.45) is 0 Å².